The Morgan fingerprint density at radius 2 is 2.06 bits per heavy atom. The van der Waals surface area contributed by atoms with Crippen LogP contribution in [0.5, 0.6) is 0 Å². The van der Waals surface area contributed by atoms with Crippen LogP contribution in [-0.2, 0) is 19.1 Å². The summed E-state index contributed by atoms with van der Waals surface area (Å²) < 4.78 is 4.78. The Balaban J connectivity index is 4.56. The van der Waals surface area contributed by atoms with Crippen LogP contribution in [0, 0.1) is 0 Å². The first-order valence-electron chi connectivity index (χ1n) is 5.74. The molecule has 0 aliphatic rings. The van der Waals surface area contributed by atoms with E-state index >= 15 is 0 Å². The predicted molar refractivity (Wildman–Crippen MR) is 66.7 cm³/mol. The summed E-state index contributed by atoms with van der Waals surface area (Å²) in [5.41, 5.74) is 0. The molecule has 6 nitrogen and oxygen atoms in total. The van der Waals surface area contributed by atoms with E-state index in [1.807, 2.05) is 0 Å². The SMILES string of the molecule is C=CCN(CC(=O)OCC)C(=O)C(C)NC(C)=O. The van der Waals surface area contributed by atoms with E-state index in [0.29, 0.717) is 0 Å². The maximum Gasteiger partial charge on any atom is 0.325 e. The molecule has 0 aromatic heterocycles. The highest BCUT2D eigenvalue weighted by Gasteiger charge is 2.22. The molecule has 1 atom stereocenters. The number of carbonyl (C=O) groups excluding carboxylic acids is 3. The van der Waals surface area contributed by atoms with Gasteiger partial charge in [0.1, 0.15) is 12.6 Å². The van der Waals surface area contributed by atoms with Gasteiger partial charge in [0, 0.05) is 13.5 Å². The van der Waals surface area contributed by atoms with Crippen LogP contribution in [0.1, 0.15) is 20.8 Å². The van der Waals surface area contributed by atoms with E-state index in [1.165, 1.54) is 17.9 Å². The van der Waals surface area contributed by atoms with E-state index < -0.39 is 12.0 Å². The van der Waals surface area contributed by atoms with E-state index in [0.717, 1.165) is 0 Å². The van der Waals surface area contributed by atoms with Crippen molar-refractivity contribution < 1.29 is 19.1 Å². The van der Waals surface area contributed by atoms with Crippen molar-refractivity contribution in [2.75, 3.05) is 19.7 Å². The number of rotatable bonds is 7. The Morgan fingerprint density at radius 1 is 1.44 bits per heavy atom. The molecule has 0 bridgehead atoms. The van der Waals surface area contributed by atoms with Gasteiger partial charge in [0.15, 0.2) is 0 Å². The van der Waals surface area contributed by atoms with Crippen LogP contribution < -0.4 is 5.32 Å². The number of amides is 2. The largest absolute Gasteiger partial charge is 0.465 e. The van der Waals surface area contributed by atoms with Crippen LogP contribution in [-0.4, -0.2) is 48.4 Å². The minimum Gasteiger partial charge on any atom is -0.465 e. The summed E-state index contributed by atoms with van der Waals surface area (Å²) in [4.78, 5) is 35.5. The highest BCUT2D eigenvalue weighted by atomic mass is 16.5. The molecule has 0 aliphatic heterocycles. The van der Waals surface area contributed by atoms with Crippen LogP contribution in [0.25, 0.3) is 0 Å². The number of nitrogens with one attached hydrogen (secondary N) is 1. The van der Waals surface area contributed by atoms with E-state index in [9.17, 15) is 14.4 Å². The minimum absolute atomic E-state index is 0.150. The molecule has 18 heavy (non-hydrogen) atoms. The van der Waals surface area contributed by atoms with Gasteiger partial charge in [0.2, 0.25) is 11.8 Å². The zero-order chi connectivity index (χ0) is 14.1. The van der Waals surface area contributed by atoms with Gasteiger partial charge in [-0.25, -0.2) is 0 Å². The summed E-state index contributed by atoms with van der Waals surface area (Å²) in [6, 6.07) is -0.683. The summed E-state index contributed by atoms with van der Waals surface area (Å²) in [5, 5.41) is 2.47. The summed E-state index contributed by atoms with van der Waals surface area (Å²) in [5.74, 6) is -1.13. The van der Waals surface area contributed by atoms with Crippen LogP contribution in [0.3, 0.4) is 0 Å². The molecule has 0 radical (unpaired) electrons. The van der Waals surface area contributed by atoms with E-state index in [1.54, 1.807) is 13.8 Å². The van der Waals surface area contributed by atoms with E-state index in [2.05, 4.69) is 11.9 Å². The van der Waals surface area contributed by atoms with Crippen LogP contribution in [0.2, 0.25) is 0 Å². The van der Waals surface area contributed by atoms with Gasteiger partial charge in [-0.05, 0) is 13.8 Å². The lowest BCUT2D eigenvalue weighted by Crippen LogP contribution is -2.48. The molecule has 0 heterocycles. The van der Waals surface area contributed by atoms with Gasteiger partial charge in [-0.2, -0.15) is 0 Å². The lowest BCUT2D eigenvalue weighted by Gasteiger charge is -2.23. The Hall–Kier alpha value is -1.85. The maximum absolute atomic E-state index is 12.0. The van der Waals surface area contributed by atoms with Gasteiger partial charge in [-0.15, -0.1) is 6.58 Å². The first-order chi connectivity index (χ1) is 8.42. The van der Waals surface area contributed by atoms with Crippen LogP contribution in [0.15, 0.2) is 12.7 Å². The standard InChI is InChI=1S/C12H20N2O4/c1-5-7-14(8-11(16)18-6-2)12(17)9(3)13-10(4)15/h5,9H,1,6-8H2,2-4H3,(H,13,15). The average molecular weight is 256 g/mol. The van der Waals surface area contributed by atoms with Crippen molar-refractivity contribution in [1.82, 2.24) is 10.2 Å². The van der Waals surface area contributed by atoms with Gasteiger partial charge in [0.05, 0.1) is 6.61 Å². The molecule has 102 valence electrons. The molecule has 1 unspecified atom stereocenters. The molecular formula is C12H20N2O4. The Labute approximate surface area is 107 Å². The van der Waals surface area contributed by atoms with Crippen molar-refractivity contribution in [2.45, 2.75) is 26.8 Å². The predicted octanol–water partition coefficient (Wildman–Crippen LogP) is 0.0887. The molecule has 0 aromatic carbocycles. The molecule has 2 amide bonds. The summed E-state index contributed by atoms with van der Waals surface area (Å²) in [6.07, 6.45) is 1.51. The fraction of sp³-hybridized carbons (Fsp3) is 0.583. The lowest BCUT2D eigenvalue weighted by molar-refractivity contribution is -0.149. The summed E-state index contributed by atoms with van der Waals surface area (Å²) in [6.45, 7) is 8.44. The zero-order valence-electron chi connectivity index (χ0n) is 11.1. The number of hydrogen-bond acceptors (Lipinski definition) is 4. The van der Waals surface area contributed by atoms with Gasteiger partial charge in [-0.1, -0.05) is 6.08 Å². The third kappa shape index (κ3) is 6.03. The molecule has 6 heteroatoms. The van der Waals surface area contributed by atoms with E-state index in [-0.39, 0.29) is 31.5 Å². The third-order valence-corrected chi connectivity index (χ3v) is 2.08. The third-order valence-electron chi connectivity index (χ3n) is 2.08. The second-order valence-electron chi connectivity index (χ2n) is 3.73. The molecule has 0 fully saturated rings. The van der Waals surface area contributed by atoms with Gasteiger partial charge < -0.3 is 15.0 Å². The first-order valence-corrected chi connectivity index (χ1v) is 5.74. The van der Waals surface area contributed by atoms with Gasteiger partial charge >= 0.3 is 5.97 Å². The molecule has 0 saturated heterocycles. The molecule has 0 spiro atoms. The Kier molecular flexibility index (Phi) is 7.42. The number of nitrogens with zero attached hydrogens (tertiary/aromatic N) is 1. The first kappa shape index (κ1) is 16.1. The molecule has 1 N–H and O–H groups in total. The Morgan fingerprint density at radius 3 is 2.50 bits per heavy atom. The molecule has 0 aromatic rings. The second-order valence-corrected chi connectivity index (χ2v) is 3.73. The quantitative estimate of drug-likeness (QED) is 0.517. The average Bonchev–Trinajstić information content (AvgIpc) is 2.26. The molecule has 0 aliphatic carbocycles. The lowest BCUT2D eigenvalue weighted by atomic mass is 10.2. The highest BCUT2D eigenvalue weighted by Crippen LogP contribution is 1.97. The number of ether oxygens (including phenoxy) is 1. The fourth-order valence-electron chi connectivity index (χ4n) is 1.39. The van der Waals surface area contributed by atoms with Crippen LogP contribution in [0.4, 0.5) is 0 Å². The fourth-order valence-corrected chi connectivity index (χ4v) is 1.39. The molecular weight excluding hydrogens is 236 g/mol. The Bertz CT molecular complexity index is 328. The minimum atomic E-state index is -0.683. The van der Waals surface area contributed by atoms with Crippen molar-refractivity contribution in [3.05, 3.63) is 12.7 Å². The van der Waals surface area contributed by atoms with Crippen molar-refractivity contribution in [1.29, 1.82) is 0 Å². The zero-order valence-corrected chi connectivity index (χ0v) is 11.1. The normalized spacial score (nSPS) is 11.3. The smallest absolute Gasteiger partial charge is 0.325 e. The topological polar surface area (TPSA) is 75.7 Å². The molecule has 0 rings (SSSR count). The van der Waals surface area contributed by atoms with Crippen molar-refractivity contribution in [3.63, 3.8) is 0 Å². The summed E-state index contributed by atoms with van der Waals surface area (Å²) >= 11 is 0. The van der Waals surface area contributed by atoms with E-state index in [4.69, 9.17) is 4.74 Å². The maximum atomic E-state index is 12.0. The van der Waals surface area contributed by atoms with Gasteiger partial charge in [-0.3, -0.25) is 14.4 Å². The number of hydrogen-bond donors (Lipinski definition) is 1. The number of esters is 1. The van der Waals surface area contributed by atoms with Crippen molar-refractivity contribution in [2.24, 2.45) is 0 Å². The van der Waals surface area contributed by atoms with Crippen molar-refractivity contribution in [3.8, 4) is 0 Å². The monoisotopic (exact) mass is 256 g/mol. The van der Waals surface area contributed by atoms with Crippen LogP contribution >= 0.6 is 0 Å². The van der Waals surface area contributed by atoms with Crippen molar-refractivity contribution >= 4 is 17.8 Å². The highest BCUT2D eigenvalue weighted by molar-refractivity contribution is 5.88. The molecule has 0 saturated carbocycles. The van der Waals surface area contributed by atoms with Gasteiger partial charge in [0.25, 0.3) is 0 Å². The second kappa shape index (κ2) is 8.27. The summed E-state index contributed by atoms with van der Waals surface area (Å²) in [7, 11) is 0. The number of carbonyl (C=O) groups is 3.